The average Bonchev–Trinajstić information content (AvgIpc) is 3.26. The number of H-pyrrole nitrogens is 1. The fourth-order valence-electron chi connectivity index (χ4n) is 3.17. The first-order chi connectivity index (χ1) is 11.0. The molecule has 1 aromatic rings. The molecule has 23 heavy (non-hydrogen) atoms. The maximum atomic E-state index is 12.7. The number of likely N-dealkylation sites (N-methyl/N-ethyl adjacent to an activating group) is 1. The van der Waals surface area contributed by atoms with Gasteiger partial charge in [0.2, 0.25) is 10.0 Å². The molecule has 1 aromatic heterocycles. The van der Waals surface area contributed by atoms with Crippen molar-refractivity contribution in [3.8, 4) is 0 Å². The normalized spacial score (nSPS) is 21.0. The summed E-state index contributed by atoms with van der Waals surface area (Å²) in [5, 5.41) is 0. The lowest BCUT2D eigenvalue weighted by molar-refractivity contribution is 0.0787. The van der Waals surface area contributed by atoms with Gasteiger partial charge < -0.3 is 14.8 Å². The molecule has 0 aromatic carbocycles. The van der Waals surface area contributed by atoms with E-state index < -0.39 is 10.0 Å². The molecule has 2 aliphatic heterocycles. The largest absolute Gasteiger partial charge is 0.356 e. The molecule has 8 heteroatoms. The Morgan fingerprint density at radius 1 is 1.13 bits per heavy atom. The molecule has 0 saturated carbocycles. The molecule has 1 N–H and O–H groups in total. The summed E-state index contributed by atoms with van der Waals surface area (Å²) in [4.78, 5) is 19.3. The van der Waals surface area contributed by atoms with Crippen molar-refractivity contribution in [3.05, 3.63) is 18.0 Å². The van der Waals surface area contributed by atoms with Crippen molar-refractivity contribution < 1.29 is 13.2 Å². The lowest BCUT2D eigenvalue weighted by atomic mass is 10.4. The van der Waals surface area contributed by atoms with E-state index in [0.29, 0.717) is 18.8 Å². The van der Waals surface area contributed by atoms with E-state index in [1.54, 1.807) is 4.90 Å². The minimum absolute atomic E-state index is 0.111. The molecule has 0 aliphatic carbocycles. The zero-order chi connectivity index (χ0) is 16.4. The Morgan fingerprint density at radius 3 is 2.39 bits per heavy atom. The predicted octanol–water partition coefficient (Wildman–Crippen LogP) is 0.577. The van der Waals surface area contributed by atoms with E-state index in [1.165, 1.54) is 16.6 Å². The number of nitrogens with zero attached hydrogens (tertiary/aromatic N) is 3. The highest BCUT2D eigenvalue weighted by molar-refractivity contribution is 7.89. The maximum absolute atomic E-state index is 12.7. The monoisotopic (exact) mass is 340 g/mol. The van der Waals surface area contributed by atoms with Gasteiger partial charge in [0.15, 0.2) is 0 Å². The van der Waals surface area contributed by atoms with Gasteiger partial charge in [-0.25, -0.2) is 8.42 Å². The number of carbonyl (C=O) groups excluding carboxylic acids is 1. The van der Waals surface area contributed by atoms with Crippen LogP contribution in [-0.4, -0.2) is 79.2 Å². The van der Waals surface area contributed by atoms with Crippen LogP contribution in [0.25, 0.3) is 0 Å². The Bertz CT molecular complexity index is 656. The summed E-state index contributed by atoms with van der Waals surface area (Å²) in [6, 6.07) is 1.47. The highest BCUT2D eigenvalue weighted by Gasteiger charge is 2.30. The summed E-state index contributed by atoms with van der Waals surface area (Å²) in [5.74, 6) is -0.111. The van der Waals surface area contributed by atoms with E-state index in [0.717, 1.165) is 45.6 Å². The molecule has 0 unspecified atom stereocenters. The smallest absolute Gasteiger partial charge is 0.270 e. The average molecular weight is 340 g/mol. The van der Waals surface area contributed by atoms with Gasteiger partial charge in [0.25, 0.3) is 5.91 Å². The second-order valence-corrected chi connectivity index (χ2v) is 8.02. The SMILES string of the molecule is CCN1CCN(S(=O)(=O)c2c[nH]c(C(=O)N3CCCC3)c2)CC1. The lowest BCUT2D eigenvalue weighted by Crippen LogP contribution is -2.48. The van der Waals surface area contributed by atoms with Crippen molar-refractivity contribution >= 4 is 15.9 Å². The molecule has 7 nitrogen and oxygen atoms in total. The van der Waals surface area contributed by atoms with Crippen LogP contribution in [0.1, 0.15) is 30.3 Å². The van der Waals surface area contributed by atoms with E-state index in [-0.39, 0.29) is 10.8 Å². The Morgan fingerprint density at radius 2 is 1.78 bits per heavy atom. The van der Waals surface area contributed by atoms with Gasteiger partial charge in [-0.1, -0.05) is 6.92 Å². The summed E-state index contributed by atoms with van der Waals surface area (Å²) in [7, 11) is -3.53. The number of piperazine rings is 1. The number of sulfonamides is 1. The zero-order valence-electron chi connectivity index (χ0n) is 13.5. The number of carbonyl (C=O) groups is 1. The molecule has 0 spiro atoms. The van der Waals surface area contributed by atoms with Crippen molar-refractivity contribution in [1.82, 2.24) is 19.1 Å². The van der Waals surface area contributed by atoms with Crippen LogP contribution < -0.4 is 0 Å². The minimum Gasteiger partial charge on any atom is -0.356 e. The molecule has 2 aliphatic rings. The Kier molecular flexibility index (Phi) is 4.74. The van der Waals surface area contributed by atoms with Crippen LogP contribution in [-0.2, 0) is 10.0 Å². The third kappa shape index (κ3) is 3.29. The minimum atomic E-state index is -3.53. The third-order valence-corrected chi connectivity index (χ3v) is 6.57. The van der Waals surface area contributed by atoms with Crippen LogP contribution in [0.4, 0.5) is 0 Å². The van der Waals surface area contributed by atoms with Gasteiger partial charge >= 0.3 is 0 Å². The fraction of sp³-hybridized carbons (Fsp3) is 0.667. The molecule has 0 atom stereocenters. The molecule has 3 rings (SSSR count). The van der Waals surface area contributed by atoms with Gasteiger partial charge in [-0.2, -0.15) is 4.31 Å². The number of likely N-dealkylation sites (tertiary alicyclic amines) is 1. The number of rotatable bonds is 4. The van der Waals surface area contributed by atoms with E-state index in [4.69, 9.17) is 0 Å². The number of hydrogen-bond donors (Lipinski definition) is 1. The standard InChI is InChI=1S/C15H24N4O3S/c1-2-17-7-9-19(10-8-17)23(21,22)13-11-14(16-12-13)15(20)18-5-3-4-6-18/h11-12,16H,2-10H2,1H3. The van der Waals surface area contributed by atoms with E-state index in [2.05, 4.69) is 16.8 Å². The molecule has 3 heterocycles. The quantitative estimate of drug-likeness (QED) is 0.870. The van der Waals surface area contributed by atoms with Crippen molar-refractivity contribution in [1.29, 1.82) is 0 Å². The van der Waals surface area contributed by atoms with Crippen LogP contribution in [0, 0.1) is 0 Å². The molecule has 0 radical (unpaired) electrons. The summed E-state index contributed by atoms with van der Waals surface area (Å²) >= 11 is 0. The third-order valence-electron chi connectivity index (χ3n) is 4.70. The summed E-state index contributed by atoms with van der Waals surface area (Å²) in [6.45, 7) is 7.00. The number of nitrogens with one attached hydrogen (secondary N) is 1. The molecular weight excluding hydrogens is 316 g/mol. The van der Waals surface area contributed by atoms with Crippen molar-refractivity contribution in [3.63, 3.8) is 0 Å². The van der Waals surface area contributed by atoms with E-state index in [9.17, 15) is 13.2 Å². The van der Waals surface area contributed by atoms with Gasteiger partial charge in [-0.3, -0.25) is 4.79 Å². The number of aromatic nitrogens is 1. The van der Waals surface area contributed by atoms with E-state index in [1.807, 2.05) is 0 Å². The van der Waals surface area contributed by atoms with Crippen LogP contribution in [0.5, 0.6) is 0 Å². The zero-order valence-corrected chi connectivity index (χ0v) is 14.3. The lowest BCUT2D eigenvalue weighted by Gasteiger charge is -2.32. The highest BCUT2D eigenvalue weighted by atomic mass is 32.2. The van der Waals surface area contributed by atoms with Crippen molar-refractivity contribution in [2.45, 2.75) is 24.7 Å². The van der Waals surface area contributed by atoms with Crippen LogP contribution in [0.3, 0.4) is 0 Å². The molecule has 128 valence electrons. The molecule has 0 bridgehead atoms. The van der Waals surface area contributed by atoms with E-state index >= 15 is 0 Å². The second kappa shape index (κ2) is 6.62. The Labute approximate surface area is 137 Å². The summed E-state index contributed by atoms with van der Waals surface area (Å²) in [5.41, 5.74) is 0.359. The van der Waals surface area contributed by atoms with Gasteiger partial charge in [0.05, 0.1) is 0 Å². The topological polar surface area (TPSA) is 76.7 Å². The number of amides is 1. The van der Waals surface area contributed by atoms with Crippen molar-refractivity contribution in [2.75, 3.05) is 45.8 Å². The number of aromatic amines is 1. The first kappa shape index (κ1) is 16.5. The summed E-state index contributed by atoms with van der Waals surface area (Å²) in [6.07, 6.45) is 3.46. The van der Waals surface area contributed by atoms with Crippen LogP contribution in [0.2, 0.25) is 0 Å². The first-order valence-corrected chi connectivity index (χ1v) is 9.66. The predicted molar refractivity (Wildman–Crippen MR) is 86.8 cm³/mol. The second-order valence-electron chi connectivity index (χ2n) is 6.09. The fourth-order valence-corrected chi connectivity index (χ4v) is 4.59. The molecule has 2 fully saturated rings. The highest BCUT2D eigenvalue weighted by Crippen LogP contribution is 2.20. The van der Waals surface area contributed by atoms with Crippen LogP contribution >= 0.6 is 0 Å². The Hall–Kier alpha value is -1.38. The molecule has 1 amide bonds. The van der Waals surface area contributed by atoms with Gasteiger partial charge in [0.1, 0.15) is 10.6 Å². The van der Waals surface area contributed by atoms with Gasteiger partial charge in [0, 0.05) is 45.5 Å². The molecular formula is C15H24N4O3S. The number of hydrogen-bond acceptors (Lipinski definition) is 4. The molecule has 2 saturated heterocycles. The van der Waals surface area contributed by atoms with Gasteiger partial charge in [-0.15, -0.1) is 0 Å². The van der Waals surface area contributed by atoms with Gasteiger partial charge in [-0.05, 0) is 25.5 Å². The first-order valence-electron chi connectivity index (χ1n) is 8.22. The van der Waals surface area contributed by atoms with Crippen LogP contribution in [0.15, 0.2) is 17.2 Å². The summed E-state index contributed by atoms with van der Waals surface area (Å²) < 4.78 is 26.9. The Balaban J connectivity index is 1.72. The maximum Gasteiger partial charge on any atom is 0.270 e. The van der Waals surface area contributed by atoms with Crippen molar-refractivity contribution in [2.24, 2.45) is 0 Å².